The highest BCUT2D eigenvalue weighted by Crippen LogP contribution is 2.39. The lowest BCUT2D eigenvalue weighted by molar-refractivity contribution is -0.138. The Morgan fingerprint density at radius 1 is 1.03 bits per heavy atom. The molecule has 2 aliphatic rings. The first-order valence-electron chi connectivity index (χ1n) is 12.4. The predicted octanol–water partition coefficient (Wildman–Crippen LogP) is 2.52. The van der Waals surface area contributed by atoms with E-state index < -0.39 is 5.54 Å². The maximum Gasteiger partial charge on any atom is 0.250 e. The maximum atomic E-state index is 13.7. The average molecular weight is 491 g/mol. The van der Waals surface area contributed by atoms with Crippen LogP contribution in [-0.4, -0.2) is 79.6 Å². The van der Waals surface area contributed by atoms with Crippen molar-refractivity contribution in [3.8, 4) is 0 Å². The van der Waals surface area contributed by atoms with E-state index in [4.69, 9.17) is 4.74 Å². The van der Waals surface area contributed by atoms with Crippen molar-refractivity contribution in [2.45, 2.75) is 24.8 Å². The fraction of sp³-hybridized carbons (Fsp3) is 0.393. The number of nitrogens with one attached hydrogen (secondary N) is 1. The second-order valence-electron chi connectivity index (χ2n) is 9.21. The van der Waals surface area contributed by atoms with E-state index in [1.54, 1.807) is 23.0 Å². The Bertz CT molecular complexity index is 1070. The number of carbonyl (C=O) groups excluding carboxylic acids is 3. The zero-order valence-electron chi connectivity index (χ0n) is 20.8. The molecule has 2 heterocycles. The van der Waals surface area contributed by atoms with Crippen molar-refractivity contribution in [1.82, 2.24) is 15.1 Å². The summed E-state index contributed by atoms with van der Waals surface area (Å²) in [5.41, 5.74) is 1.15. The van der Waals surface area contributed by atoms with Crippen molar-refractivity contribution in [2.24, 2.45) is 0 Å². The molecule has 8 heteroatoms. The minimum Gasteiger partial charge on any atom is -0.385 e. The van der Waals surface area contributed by atoms with Gasteiger partial charge in [-0.15, -0.1) is 0 Å². The number of amides is 3. The number of methoxy groups -OCH3 is 1. The second-order valence-corrected chi connectivity index (χ2v) is 9.21. The van der Waals surface area contributed by atoms with Gasteiger partial charge >= 0.3 is 0 Å². The SMILES string of the molecule is COCCCNC(=O)CN1CN(c2ccccc2)C2(CCN(C(=O)C=Cc3ccccc3)CC2)C1=O. The second kappa shape index (κ2) is 11.9. The first-order chi connectivity index (χ1) is 17.5. The predicted molar refractivity (Wildman–Crippen MR) is 139 cm³/mol. The van der Waals surface area contributed by atoms with E-state index in [0.29, 0.717) is 45.8 Å². The molecule has 2 fully saturated rings. The van der Waals surface area contributed by atoms with Crippen LogP contribution in [0.4, 0.5) is 5.69 Å². The normalized spacial score (nSPS) is 17.2. The highest BCUT2D eigenvalue weighted by atomic mass is 16.5. The van der Waals surface area contributed by atoms with Crippen LogP contribution in [0.15, 0.2) is 66.7 Å². The Morgan fingerprint density at radius 2 is 1.69 bits per heavy atom. The molecule has 0 saturated carbocycles. The van der Waals surface area contributed by atoms with Gasteiger partial charge in [0.05, 0.1) is 6.67 Å². The molecule has 0 unspecified atom stereocenters. The fourth-order valence-corrected chi connectivity index (χ4v) is 4.93. The van der Waals surface area contributed by atoms with Crippen molar-refractivity contribution in [2.75, 3.05) is 51.5 Å². The Labute approximate surface area is 212 Å². The summed E-state index contributed by atoms with van der Waals surface area (Å²) in [5.74, 6) is -0.286. The summed E-state index contributed by atoms with van der Waals surface area (Å²) < 4.78 is 5.02. The van der Waals surface area contributed by atoms with Crippen LogP contribution >= 0.6 is 0 Å². The molecule has 8 nitrogen and oxygen atoms in total. The van der Waals surface area contributed by atoms with Gasteiger partial charge in [0.25, 0.3) is 5.91 Å². The number of nitrogens with zero attached hydrogens (tertiary/aromatic N) is 3. The number of likely N-dealkylation sites (tertiary alicyclic amines) is 1. The Hall–Kier alpha value is -3.65. The monoisotopic (exact) mass is 490 g/mol. The first kappa shape index (κ1) is 25.4. The van der Waals surface area contributed by atoms with Gasteiger partial charge in [-0.2, -0.15) is 0 Å². The van der Waals surface area contributed by atoms with Crippen LogP contribution in [0.5, 0.6) is 0 Å². The summed E-state index contributed by atoms with van der Waals surface area (Å²) in [4.78, 5) is 44.6. The van der Waals surface area contributed by atoms with Crippen LogP contribution in [-0.2, 0) is 19.1 Å². The number of anilines is 1. The number of para-hydroxylation sites is 1. The third-order valence-corrected chi connectivity index (χ3v) is 6.88. The van der Waals surface area contributed by atoms with Crippen LogP contribution in [0.2, 0.25) is 0 Å². The number of rotatable bonds is 9. The Morgan fingerprint density at radius 3 is 2.36 bits per heavy atom. The van der Waals surface area contributed by atoms with Crippen LogP contribution in [0.3, 0.4) is 0 Å². The Balaban J connectivity index is 1.44. The van der Waals surface area contributed by atoms with Crippen molar-refractivity contribution < 1.29 is 19.1 Å². The zero-order valence-corrected chi connectivity index (χ0v) is 20.8. The van der Waals surface area contributed by atoms with Gasteiger partial charge in [-0.3, -0.25) is 14.4 Å². The number of carbonyl (C=O) groups is 3. The van der Waals surface area contributed by atoms with Gasteiger partial charge in [-0.1, -0.05) is 48.5 Å². The van der Waals surface area contributed by atoms with Crippen LogP contribution in [0, 0.1) is 0 Å². The Kier molecular flexibility index (Phi) is 8.38. The standard InChI is InChI=1S/C28H34N4O4/c1-36-20-8-17-29-25(33)21-31-22-32(24-11-6-3-7-12-24)28(27(31)35)15-18-30(19-16-28)26(34)14-13-23-9-4-2-5-10-23/h2-7,9-14H,8,15-22H2,1H3,(H,29,33). The summed E-state index contributed by atoms with van der Waals surface area (Å²) in [6.45, 7) is 2.39. The number of benzene rings is 2. The van der Waals surface area contributed by atoms with Crippen molar-refractivity contribution >= 4 is 29.5 Å². The molecule has 2 saturated heterocycles. The average Bonchev–Trinajstić information content (AvgIpc) is 3.17. The minimum absolute atomic E-state index is 0.0133. The van der Waals surface area contributed by atoms with Gasteiger partial charge in [0.2, 0.25) is 11.8 Å². The van der Waals surface area contributed by atoms with E-state index in [1.165, 1.54) is 0 Å². The fourth-order valence-electron chi connectivity index (χ4n) is 4.93. The molecule has 0 aliphatic carbocycles. The van der Waals surface area contributed by atoms with E-state index in [9.17, 15) is 14.4 Å². The van der Waals surface area contributed by atoms with Gasteiger partial charge in [-0.25, -0.2) is 0 Å². The highest BCUT2D eigenvalue weighted by molar-refractivity contribution is 5.97. The molecule has 190 valence electrons. The van der Waals surface area contributed by atoms with Gasteiger partial charge in [0, 0.05) is 45.1 Å². The summed E-state index contributed by atoms with van der Waals surface area (Å²) in [5, 5.41) is 2.87. The molecule has 1 spiro atoms. The molecule has 0 aromatic heterocycles. The van der Waals surface area contributed by atoms with E-state index in [1.807, 2.05) is 66.7 Å². The summed E-state index contributed by atoms with van der Waals surface area (Å²) in [6.07, 6.45) is 5.16. The molecule has 2 aliphatic heterocycles. The number of ether oxygens (including phenoxy) is 1. The summed E-state index contributed by atoms with van der Waals surface area (Å²) >= 11 is 0. The lowest BCUT2D eigenvalue weighted by atomic mass is 9.85. The smallest absolute Gasteiger partial charge is 0.250 e. The quantitative estimate of drug-likeness (QED) is 0.432. The van der Waals surface area contributed by atoms with Crippen molar-refractivity contribution in [3.05, 3.63) is 72.3 Å². The van der Waals surface area contributed by atoms with E-state index in [-0.39, 0.29) is 24.3 Å². The molecule has 0 radical (unpaired) electrons. The maximum absolute atomic E-state index is 13.7. The molecule has 0 bridgehead atoms. The van der Waals surface area contributed by atoms with Crippen LogP contribution in [0.25, 0.3) is 6.08 Å². The third-order valence-electron chi connectivity index (χ3n) is 6.88. The summed E-state index contributed by atoms with van der Waals surface area (Å²) in [6, 6.07) is 19.5. The first-order valence-corrected chi connectivity index (χ1v) is 12.4. The van der Waals surface area contributed by atoms with E-state index >= 15 is 0 Å². The number of hydrogen-bond donors (Lipinski definition) is 1. The molecule has 4 rings (SSSR count). The highest BCUT2D eigenvalue weighted by Gasteiger charge is 2.54. The summed E-state index contributed by atoms with van der Waals surface area (Å²) in [7, 11) is 1.63. The van der Waals surface area contributed by atoms with Gasteiger partial charge in [0.1, 0.15) is 12.1 Å². The molecule has 2 aromatic rings. The number of piperidine rings is 1. The molecule has 2 aromatic carbocycles. The lowest BCUT2D eigenvalue weighted by Gasteiger charge is -2.43. The van der Waals surface area contributed by atoms with E-state index in [2.05, 4.69) is 10.2 Å². The van der Waals surface area contributed by atoms with Crippen molar-refractivity contribution in [1.29, 1.82) is 0 Å². The third kappa shape index (κ3) is 5.76. The van der Waals surface area contributed by atoms with Gasteiger partial charge in [0.15, 0.2) is 0 Å². The largest absolute Gasteiger partial charge is 0.385 e. The molecular formula is C28H34N4O4. The molecule has 0 atom stereocenters. The van der Waals surface area contributed by atoms with E-state index in [0.717, 1.165) is 17.7 Å². The topological polar surface area (TPSA) is 82.2 Å². The van der Waals surface area contributed by atoms with Crippen LogP contribution in [0.1, 0.15) is 24.8 Å². The van der Waals surface area contributed by atoms with Crippen LogP contribution < -0.4 is 10.2 Å². The molecule has 3 amide bonds. The molecule has 36 heavy (non-hydrogen) atoms. The van der Waals surface area contributed by atoms with Gasteiger partial charge in [-0.05, 0) is 43.0 Å². The minimum atomic E-state index is -0.766. The lowest BCUT2D eigenvalue weighted by Crippen LogP contribution is -2.57. The molecular weight excluding hydrogens is 456 g/mol. The van der Waals surface area contributed by atoms with Gasteiger partial charge < -0.3 is 24.8 Å². The number of hydrogen-bond acceptors (Lipinski definition) is 5. The zero-order chi connectivity index (χ0) is 25.4. The molecule has 1 N–H and O–H groups in total. The van der Waals surface area contributed by atoms with Crippen molar-refractivity contribution in [3.63, 3.8) is 0 Å².